The Morgan fingerprint density at radius 2 is 1.76 bits per heavy atom. The molecule has 1 fully saturated rings. The molecule has 3 aromatic carbocycles. The molecule has 5 rings (SSSR count). The fourth-order valence-electron chi connectivity index (χ4n) is 4.98. The maximum Gasteiger partial charge on any atom is 0.410 e. The van der Waals surface area contributed by atoms with Crippen LogP contribution in [0.4, 0.5) is 4.79 Å². The summed E-state index contributed by atoms with van der Waals surface area (Å²) in [6.07, 6.45) is 3.32. The number of nitrogens with zero attached hydrogens (tertiary/aromatic N) is 2. The van der Waals surface area contributed by atoms with Crippen LogP contribution in [0.2, 0.25) is 19.6 Å². The molecule has 5 nitrogen and oxygen atoms in total. The number of nitrogens with one attached hydrogen (secondary N) is 1. The van der Waals surface area contributed by atoms with E-state index in [0.717, 1.165) is 46.6 Å². The first-order chi connectivity index (χ1) is 19.5. The second-order valence-corrected chi connectivity index (χ2v) is 17.3. The van der Waals surface area contributed by atoms with Crippen LogP contribution in [0.1, 0.15) is 51.0 Å². The van der Waals surface area contributed by atoms with Crippen molar-refractivity contribution in [2.24, 2.45) is 0 Å². The second kappa shape index (κ2) is 11.3. The van der Waals surface area contributed by atoms with E-state index in [1.807, 2.05) is 27.0 Å². The molecular formula is C35H37N3O2Si. The van der Waals surface area contributed by atoms with Gasteiger partial charge >= 0.3 is 6.09 Å². The van der Waals surface area contributed by atoms with Crippen LogP contribution in [-0.4, -0.2) is 41.2 Å². The van der Waals surface area contributed by atoms with Crippen LogP contribution in [0.15, 0.2) is 66.9 Å². The van der Waals surface area contributed by atoms with Crippen LogP contribution < -0.4 is 0 Å². The summed E-state index contributed by atoms with van der Waals surface area (Å²) in [7, 11) is -1.50. The maximum atomic E-state index is 12.9. The Hall–Kier alpha value is -4.26. The van der Waals surface area contributed by atoms with Gasteiger partial charge in [-0.2, -0.15) is 0 Å². The van der Waals surface area contributed by atoms with Crippen molar-refractivity contribution < 1.29 is 9.53 Å². The highest BCUT2D eigenvalue weighted by Crippen LogP contribution is 2.35. The van der Waals surface area contributed by atoms with E-state index in [0.29, 0.717) is 6.54 Å². The van der Waals surface area contributed by atoms with E-state index in [4.69, 9.17) is 9.72 Å². The Labute approximate surface area is 244 Å². The Morgan fingerprint density at radius 3 is 2.51 bits per heavy atom. The molecule has 1 aromatic heterocycles. The van der Waals surface area contributed by atoms with Crippen molar-refractivity contribution in [3.8, 4) is 45.7 Å². The Balaban J connectivity index is 1.51. The van der Waals surface area contributed by atoms with Gasteiger partial charge < -0.3 is 9.72 Å². The van der Waals surface area contributed by atoms with Crippen LogP contribution in [0.5, 0.6) is 0 Å². The smallest absolute Gasteiger partial charge is 0.410 e. The van der Waals surface area contributed by atoms with Gasteiger partial charge in [0.2, 0.25) is 0 Å². The van der Waals surface area contributed by atoms with Crippen molar-refractivity contribution in [1.82, 2.24) is 14.9 Å². The lowest BCUT2D eigenvalue weighted by Crippen LogP contribution is -2.36. The molecule has 0 unspecified atom stereocenters. The molecule has 1 N–H and O–H groups in total. The predicted octanol–water partition coefficient (Wildman–Crippen LogP) is 8.20. The zero-order chi connectivity index (χ0) is 29.2. The topological polar surface area (TPSA) is 58.2 Å². The number of likely N-dealkylation sites (tertiary alicyclic amines) is 1. The number of amides is 1. The van der Waals surface area contributed by atoms with Crippen molar-refractivity contribution in [3.63, 3.8) is 0 Å². The van der Waals surface area contributed by atoms with Crippen molar-refractivity contribution in [3.05, 3.63) is 78.2 Å². The molecule has 0 spiro atoms. The number of carbonyl (C=O) groups is 1. The summed E-state index contributed by atoms with van der Waals surface area (Å²) in [5.74, 6) is 10.3. The lowest BCUT2D eigenvalue weighted by Gasteiger charge is -2.27. The van der Waals surface area contributed by atoms with Gasteiger partial charge in [-0.3, -0.25) is 4.90 Å². The van der Waals surface area contributed by atoms with Crippen LogP contribution in [0.25, 0.3) is 33.2 Å². The van der Waals surface area contributed by atoms with Gasteiger partial charge in [0.25, 0.3) is 0 Å². The van der Waals surface area contributed by atoms with Crippen molar-refractivity contribution in [1.29, 1.82) is 0 Å². The third-order valence-corrected chi connectivity index (χ3v) is 7.76. The minimum Gasteiger partial charge on any atom is -0.444 e. The highest BCUT2D eigenvalue weighted by molar-refractivity contribution is 6.83. The molecule has 2 heterocycles. The van der Waals surface area contributed by atoms with E-state index in [1.165, 1.54) is 10.8 Å². The third-order valence-electron chi connectivity index (χ3n) is 6.88. The molecule has 1 amide bonds. The van der Waals surface area contributed by atoms with E-state index in [1.54, 1.807) is 4.90 Å². The number of H-pyrrole nitrogens is 1. The number of carbonyl (C=O) groups excluding carboxylic acids is 1. The first-order valence-corrected chi connectivity index (χ1v) is 17.7. The first kappa shape index (κ1) is 28.3. The number of fused-ring (bicyclic) bond motifs is 1. The largest absolute Gasteiger partial charge is 0.444 e. The van der Waals surface area contributed by atoms with Gasteiger partial charge in [-0.1, -0.05) is 68.0 Å². The summed E-state index contributed by atoms with van der Waals surface area (Å²) < 4.78 is 5.66. The average Bonchev–Trinajstić information content (AvgIpc) is 3.59. The summed E-state index contributed by atoms with van der Waals surface area (Å²) in [6.45, 7) is 13.0. The summed E-state index contributed by atoms with van der Waals surface area (Å²) >= 11 is 0. The number of hydrogen-bond acceptors (Lipinski definition) is 3. The minimum atomic E-state index is -1.50. The number of aromatic nitrogens is 2. The van der Waals surface area contributed by atoms with Crippen LogP contribution in [0.3, 0.4) is 0 Å². The molecular weight excluding hydrogens is 522 g/mol. The Kier molecular flexibility index (Phi) is 7.80. The van der Waals surface area contributed by atoms with E-state index in [9.17, 15) is 4.79 Å². The van der Waals surface area contributed by atoms with Gasteiger partial charge in [0.15, 0.2) is 0 Å². The fraction of sp³-hybridized carbons (Fsp3) is 0.314. The predicted molar refractivity (Wildman–Crippen MR) is 170 cm³/mol. The lowest BCUT2D eigenvalue weighted by atomic mass is 9.95. The number of rotatable bonds is 3. The first-order valence-electron chi connectivity index (χ1n) is 14.2. The standard InChI is InChI=1S/C35H37N3O2Si/c1-35(2,3)40-34(39)38-20-11-15-32(38)33-36-24-31(37-33)29-19-17-26(13-9-10-21-41(4,5)6)30(23-29)28-18-16-25-12-7-8-14-27(25)22-28/h7-8,12,14,16-19,22-24,32H,11,15,20H2,1-6H3,(H,36,37)/t32-/m0/s1. The van der Waals surface area contributed by atoms with Crippen LogP contribution in [-0.2, 0) is 4.74 Å². The van der Waals surface area contributed by atoms with Gasteiger partial charge in [0.05, 0.1) is 17.9 Å². The Bertz CT molecular complexity index is 1720. The average molecular weight is 560 g/mol. The van der Waals surface area contributed by atoms with Gasteiger partial charge in [-0.25, -0.2) is 9.78 Å². The molecule has 0 aliphatic carbocycles. The van der Waals surface area contributed by atoms with Crippen molar-refractivity contribution in [2.75, 3.05) is 6.54 Å². The highest BCUT2D eigenvalue weighted by Gasteiger charge is 2.34. The summed E-state index contributed by atoms with van der Waals surface area (Å²) in [6, 6.07) is 21.0. The van der Waals surface area contributed by atoms with Crippen LogP contribution >= 0.6 is 0 Å². The normalized spacial score (nSPS) is 15.2. The minimum absolute atomic E-state index is 0.131. The van der Waals surface area contributed by atoms with Gasteiger partial charge in [-0.15, -0.1) is 5.54 Å². The monoisotopic (exact) mass is 559 g/mol. The molecule has 1 aliphatic rings. The maximum absolute atomic E-state index is 12.9. The lowest BCUT2D eigenvalue weighted by molar-refractivity contribution is 0.0218. The van der Waals surface area contributed by atoms with E-state index in [-0.39, 0.29) is 12.1 Å². The molecule has 0 bridgehead atoms. The zero-order valence-electron chi connectivity index (χ0n) is 24.8. The fourth-order valence-corrected chi connectivity index (χ4v) is 5.41. The summed E-state index contributed by atoms with van der Waals surface area (Å²) in [4.78, 5) is 22.9. The quantitative estimate of drug-likeness (QED) is 0.203. The van der Waals surface area contributed by atoms with Crippen molar-refractivity contribution >= 4 is 24.9 Å². The summed E-state index contributed by atoms with van der Waals surface area (Å²) in [5, 5.41) is 2.38. The SMILES string of the molecule is CC(C)(C)OC(=O)N1CCC[C@H]1c1ncc(-c2ccc(C#CC#C[Si](C)(C)C)c(-c3ccc4ccccc4c3)c2)[nH]1. The third kappa shape index (κ3) is 6.91. The van der Waals surface area contributed by atoms with Gasteiger partial charge in [0.1, 0.15) is 19.5 Å². The number of ether oxygens (including phenoxy) is 1. The molecule has 6 heteroatoms. The second-order valence-electron chi connectivity index (χ2n) is 12.6. The molecule has 208 valence electrons. The van der Waals surface area contributed by atoms with Gasteiger partial charge in [0, 0.05) is 17.7 Å². The Morgan fingerprint density at radius 1 is 1.00 bits per heavy atom. The molecule has 1 saturated heterocycles. The number of benzene rings is 3. The molecule has 0 radical (unpaired) electrons. The number of hydrogen-bond donors (Lipinski definition) is 1. The molecule has 41 heavy (non-hydrogen) atoms. The zero-order valence-corrected chi connectivity index (χ0v) is 25.8. The summed E-state index contributed by atoms with van der Waals surface area (Å²) in [5.41, 5.74) is 7.77. The van der Waals surface area contributed by atoms with E-state index >= 15 is 0 Å². The van der Waals surface area contributed by atoms with Gasteiger partial charge in [-0.05, 0) is 85.6 Å². The number of aromatic amines is 1. The molecule has 1 aliphatic heterocycles. The van der Waals surface area contributed by atoms with Crippen LogP contribution in [0, 0.1) is 23.3 Å². The number of imidazole rings is 1. The van der Waals surface area contributed by atoms with Crippen molar-refractivity contribution in [2.45, 2.75) is 64.9 Å². The molecule has 4 aromatic rings. The van der Waals surface area contributed by atoms with E-state index in [2.05, 4.69) is 109 Å². The highest BCUT2D eigenvalue weighted by atomic mass is 28.3. The van der Waals surface area contributed by atoms with E-state index < -0.39 is 13.7 Å². The molecule has 1 atom stereocenters. The molecule has 0 saturated carbocycles.